The van der Waals surface area contributed by atoms with Crippen molar-refractivity contribution in [1.82, 2.24) is 25.1 Å². The van der Waals surface area contributed by atoms with Crippen molar-refractivity contribution in [3.8, 4) is 0 Å². The first kappa shape index (κ1) is 23.1. The lowest BCUT2D eigenvalue weighted by atomic mass is 9.78. The van der Waals surface area contributed by atoms with Crippen LogP contribution in [-0.4, -0.2) is 57.7 Å². The van der Waals surface area contributed by atoms with Crippen molar-refractivity contribution < 1.29 is 18.0 Å². The lowest BCUT2D eigenvalue weighted by molar-refractivity contribution is -0.141. The minimum atomic E-state index is -4.61. The lowest BCUT2D eigenvalue weighted by Crippen LogP contribution is -2.60. The van der Waals surface area contributed by atoms with E-state index in [2.05, 4.69) is 30.4 Å². The van der Waals surface area contributed by atoms with Gasteiger partial charge in [0.1, 0.15) is 11.5 Å². The van der Waals surface area contributed by atoms with Gasteiger partial charge in [0.05, 0.1) is 22.8 Å². The van der Waals surface area contributed by atoms with Crippen LogP contribution in [-0.2, 0) is 11.0 Å². The Labute approximate surface area is 199 Å². The molecule has 2 saturated heterocycles. The fraction of sp³-hybridized carbons (Fsp3) is 0.435. The van der Waals surface area contributed by atoms with E-state index in [1.165, 1.54) is 6.07 Å². The molecule has 0 saturated carbocycles. The first-order valence-electron chi connectivity index (χ1n) is 11.2. The second kappa shape index (κ2) is 7.92. The molecule has 1 spiro atoms. The van der Waals surface area contributed by atoms with Crippen LogP contribution in [0.25, 0.3) is 10.8 Å². The van der Waals surface area contributed by atoms with Gasteiger partial charge < -0.3 is 20.9 Å². The van der Waals surface area contributed by atoms with Gasteiger partial charge in [-0.05, 0) is 38.5 Å². The molecule has 5 rings (SSSR count). The summed E-state index contributed by atoms with van der Waals surface area (Å²) in [6, 6.07) is 3.45. The number of anilines is 3. The average molecular weight is 487 g/mol. The molecule has 3 aromatic heterocycles. The molecule has 0 aliphatic carbocycles. The molecular weight excluding hydrogens is 461 g/mol. The van der Waals surface area contributed by atoms with E-state index in [4.69, 9.17) is 5.73 Å². The van der Waals surface area contributed by atoms with E-state index in [0.717, 1.165) is 29.8 Å². The Morgan fingerprint density at radius 3 is 2.57 bits per heavy atom. The maximum Gasteiger partial charge on any atom is 0.433 e. The summed E-state index contributed by atoms with van der Waals surface area (Å²) in [6.07, 6.45) is -2.07. The molecule has 0 bridgehead atoms. The Morgan fingerprint density at radius 2 is 1.91 bits per heavy atom. The Kier molecular flexibility index (Phi) is 5.22. The number of rotatable bonds is 4. The number of aryl methyl sites for hydroxylation is 1. The molecule has 35 heavy (non-hydrogen) atoms. The summed E-state index contributed by atoms with van der Waals surface area (Å²) in [5.74, 6) is 1.27. The van der Waals surface area contributed by atoms with Crippen molar-refractivity contribution in [2.75, 3.05) is 42.6 Å². The van der Waals surface area contributed by atoms with Crippen molar-refractivity contribution in [3.05, 3.63) is 41.5 Å². The third-order valence-electron chi connectivity index (χ3n) is 6.83. The lowest BCUT2D eigenvalue weighted by Gasteiger charge is -2.47. The summed E-state index contributed by atoms with van der Waals surface area (Å²) in [4.78, 5) is 24.7. The van der Waals surface area contributed by atoms with Crippen LogP contribution >= 0.6 is 0 Å². The number of hydrogen-bond acceptors (Lipinski definition) is 8. The number of carbonyl (C=O) groups is 1. The van der Waals surface area contributed by atoms with E-state index < -0.39 is 17.9 Å². The fourth-order valence-electron chi connectivity index (χ4n) is 4.80. The normalized spacial score (nSPS) is 18.3. The van der Waals surface area contributed by atoms with Crippen molar-refractivity contribution in [2.45, 2.75) is 32.5 Å². The second-order valence-electron chi connectivity index (χ2n) is 9.41. The number of aromatic nitrogens is 4. The Morgan fingerprint density at radius 1 is 1.17 bits per heavy atom. The number of alkyl halides is 3. The number of likely N-dealkylation sites (tertiary alicyclic amines) is 1. The standard InChI is InChI=1S/C23H25F3N8O/c1-12-16-9-28-19(34-10-22(11-34)4-5-33(3)21(22)35)8-15(16)20(32-31-12)29-13(2)17-6-14(27)7-18(30-17)23(24,25)26/h6-9,13H,4-5,10-11H2,1-3H3,(H2,27,30)(H,29,32). The number of halogens is 3. The van der Waals surface area contributed by atoms with Gasteiger partial charge in [0.15, 0.2) is 5.82 Å². The third kappa shape index (κ3) is 3.96. The monoisotopic (exact) mass is 486 g/mol. The van der Waals surface area contributed by atoms with Gasteiger partial charge in [0.2, 0.25) is 5.91 Å². The third-order valence-corrected chi connectivity index (χ3v) is 6.83. The van der Waals surface area contributed by atoms with Gasteiger partial charge in [-0.1, -0.05) is 0 Å². The SMILES string of the molecule is Cc1nnc(NC(C)c2cc(N)cc(C(F)(F)F)n2)c2cc(N3CC4(CCN(C)C4=O)C3)ncc12. The van der Waals surface area contributed by atoms with E-state index in [0.29, 0.717) is 30.4 Å². The highest BCUT2D eigenvalue weighted by Gasteiger charge is 2.54. The first-order chi connectivity index (χ1) is 16.5. The van der Waals surface area contributed by atoms with Gasteiger partial charge in [-0.2, -0.15) is 18.3 Å². The number of nitrogens with two attached hydrogens (primary N) is 1. The molecule has 2 fully saturated rings. The largest absolute Gasteiger partial charge is 0.433 e. The van der Waals surface area contributed by atoms with Gasteiger partial charge in [-0.15, -0.1) is 5.10 Å². The number of carbonyl (C=O) groups excluding carboxylic acids is 1. The molecule has 2 aliphatic rings. The summed E-state index contributed by atoms with van der Waals surface area (Å²) < 4.78 is 39.6. The van der Waals surface area contributed by atoms with Crippen LogP contribution in [0.5, 0.6) is 0 Å². The number of fused-ring (bicyclic) bond motifs is 1. The molecular formula is C23H25F3N8O. The van der Waals surface area contributed by atoms with E-state index in [1.807, 2.05) is 20.0 Å². The molecule has 0 radical (unpaired) electrons. The van der Waals surface area contributed by atoms with Crippen molar-refractivity contribution in [1.29, 1.82) is 0 Å². The molecule has 3 N–H and O–H groups in total. The Balaban J connectivity index is 1.44. The second-order valence-corrected chi connectivity index (χ2v) is 9.41. The number of nitrogens with zero attached hydrogens (tertiary/aromatic N) is 6. The molecule has 1 atom stereocenters. The highest BCUT2D eigenvalue weighted by molar-refractivity contribution is 5.95. The molecule has 5 heterocycles. The molecule has 1 unspecified atom stereocenters. The number of amides is 1. The Bertz CT molecular complexity index is 1320. The molecule has 9 nitrogen and oxygen atoms in total. The number of pyridine rings is 2. The number of nitrogens with one attached hydrogen (secondary N) is 1. The molecule has 0 aromatic carbocycles. The number of nitrogen functional groups attached to an aromatic ring is 1. The summed E-state index contributed by atoms with van der Waals surface area (Å²) in [6.45, 7) is 5.44. The zero-order valence-electron chi connectivity index (χ0n) is 19.5. The highest BCUT2D eigenvalue weighted by Crippen LogP contribution is 2.42. The van der Waals surface area contributed by atoms with Crippen molar-refractivity contribution in [2.24, 2.45) is 5.41 Å². The van der Waals surface area contributed by atoms with Crippen LogP contribution in [0.4, 0.5) is 30.5 Å². The highest BCUT2D eigenvalue weighted by atomic mass is 19.4. The average Bonchev–Trinajstić information content (AvgIpc) is 3.08. The zero-order valence-corrected chi connectivity index (χ0v) is 19.5. The van der Waals surface area contributed by atoms with Gasteiger partial charge in [0.25, 0.3) is 0 Å². The topological polar surface area (TPSA) is 113 Å². The fourth-order valence-corrected chi connectivity index (χ4v) is 4.80. The van der Waals surface area contributed by atoms with Crippen molar-refractivity contribution >= 4 is 34.0 Å². The molecule has 12 heteroatoms. The van der Waals surface area contributed by atoms with Crippen LogP contribution in [0.1, 0.15) is 36.5 Å². The Hall–Kier alpha value is -3.70. The maximum absolute atomic E-state index is 13.2. The first-order valence-corrected chi connectivity index (χ1v) is 11.2. The maximum atomic E-state index is 13.2. The summed E-state index contributed by atoms with van der Waals surface area (Å²) in [7, 11) is 1.82. The minimum Gasteiger partial charge on any atom is -0.399 e. The van der Waals surface area contributed by atoms with E-state index in [9.17, 15) is 18.0 Å². The van der Waals surface area contributed by atoms with Crippen molar-refractivity contribution in [3.63, 3.8) is 0 Å². The van der Waals surface area contributed by atoms with Gasteiger partial charge in [-0.3, -0.25) is 4.79 Å². The minimum absolute atomic E-state index is 0.0267. The molecule has 184 valence electrons. The van der Waals surface area contributed by atoms with Crippen LogP contribution in [0.15, 0.2) is 24.4 Å². The van der Waals surface area contributed by atoms with E-state index in [1.54, 1.807) is 18.0 Å². The molecule has 2 aliphatic heterocycles. The van der Waals surface area contributed by atoms with Crippen LogP contribution < -0.4 is 16.0 Å². The molecule has 3 aromatic rings. The van der Waals surface area contributed by atoms with Gasteiger partial charge >= 0.3 is 6.18 Å². The van der Waals surface area contributed by atoms with E-state index >= 15 is 0 Å². The van der Waals surface area contributed by atoms with Gasteiger partial charge in [0, 0.05) is 49.3 Å². The van der Waals surface area contributed by atoms with E-state index in [-0.39, 0.29) is 22.7 Å². The summed E-state index contributed by atoms with van der Waals surface area (Å²) >= 11 is 0. The predicted molar refractivity (Wildman–Crippen MR) is 125 cm³/mol. The van der Waals surface area contributed by atoms with Crippen LogP contribution in [0.2, 0.25) is 0 Å². The quantitative estimate of drug-likeness (QED) is 0.578. The summed E-state index contributed by atoms with van der Waals surface area (Å²) in [5.41, 5.74) is 5.09. The van der Waals surface area contributed by atoms with Crippen LogP contribution in [0, 0.1) is 12.3 Å². The predicted octanol–water partition coefficient (Wildman–Crippen LogP) is 3.17. The zero-order chi connectivity index (χ0) is 25.1. The number of hydrogen-bond donors (Lipinski definition) is 2. The van der Waals surface area contributed by atoms with Gasteiger partial charge in [-0.25, -0.2) is 9.97 Å². The smallest absolute Gasteiger partial charge is 0.399 e. The molecule has 1 amide bonds. The van der Waals surface area contributed by atoms with Crippen LogP contribution in [0.3, 0.4) is 0 Å². The summed E-state index contributed by atoms with van der Waals surface area (Å²) in [5, 5.41) is 13.0.